The molecule has 0 spiro atoms. The fourth-order valence-electron chi connectivity index (χ4n) is 2.38. The first-order chi connectivity index (χ1) is 10.7. The Kier molecular flexibility index (Phi) is 3.58. The predicted molar refractivity (Wildman–Crippen MR) is 83.0 cm³/mol. The van der Waals surface area contributed by atoms with E-state index in [4.69, 9.17) is 5.26 Å². The normalized spacial score (nSPS) is 10.4. The maximum absolute atomic E-state index is 12.6. The molecule has 2 aromatic carbocycles. The van der Waals surface area contributed by atoms with Crippen LogP contribution in [0.2, 0.25) is 0 Å². The third kappa shape index (κ3) is 2.54. The van der Waals surface area contributed by atoms with Gasteiger partial charge in [-0.05, 0) is 23.8 Å². The summed E-state index contributed by atoms with van der Waals surface area (Å²) in [6, 6.07) is 14.9. The summed E-state index contributed by atoms with van der Waals surface area (Å²) in [4.78, 5) is 14.3. The standard InChI is InChI=1S/C17H14N4O/c1-21(11-13-7-5-12(9-18)6-8-13)17(22)15-4-2-3-14-10-19-20-16(14)15/h2-8,10H,11H2,1H3,(H,19,20). The van der Waals surface area contributed by atoms with Gasteiger partial charge in [0.05, 0.1) is 28.9 Å². The Balaban J connectivity index is 1.82. The van der Waals surface area contributed by atoms with Gasteiger partial charge in [-0.1, -0.05) is 24.3 Å². The van der Waals surface area contributed by atoms with E-state index < -0.39 is 0 Å². The second-order valence-electron chi connectivity index (χ2n) is 5.11. The predicted octanol–water partition coefficient (Wildman–Crippen LogP) is 2.71. The maximum atomic E-state index is 12.6. The van der Waals surface area contributed by atoms with Gasteiger partial charge in [-0.3, -0.25) is 9.89 Å². The van der Waals surface area contributed by atoms with E-state index in [-0.39, 0.29) is 5.91 Å². The summed E-state index contributed by atoms with van der Waals surface area (Å²) >= 11 is 0. The van der Waals surface area contributed by atoms with E-state index in [1.165, 1.54) is 0 Å². The van der Waals surface area contributed by atoms with E-state index in [0.717, 1.165) is 16.5 Å². The van der Waals surface area contributed by atoms with Gasteiger partial charge < -0.3 is 4.90 Å². The maximum Gasteiger partial charge on any atom is 0.256 e. The summed E-state index contributed by atoms with van der Waals surface area (Å²) in [5.41, 5.74) is 2.94. The minimum Gasteiger partial charge on any atom is -0.337 e. The van der Waals surface area contributed by atoms with E-state index in [2.05, 4.69) is 16.3 Å². The number of hydrogen-bond donors (Lipinski definition) is 1. The number of nitrogens with one attached hydrogen (secondary N) is 1. The van der Waals surface area contributed by atoms with Crippen LogP contribution in [0.1, 0.15) is 21.5 Å². The van der Waals surface area contributed by atoms with Gasteiger partial charge in [0.1, 0.15) is 0 Å². The van der Waals surface area contributed by atoms with Crippen molar-refractivity contribution in [2.45, 2.75) is 6.54 Å². The van der Waals surface area contributed by atoms with Gasteiger partial charge in [-0.2, -0.15) is 10.4 Å². The monoisotopic (exact) mass is 290 g/mol. The molecule has 0 fully saturated rings. The molecule has 0 aliphatic carbocycles. The number of amides is 1. The molecule has 1 amide bonds. The number of H-pyrrole nitrogens is 1. The van der Waals surface area contributed by atoms with Crippen molar-refractivity contribution in [2.75, 3.05) is 7.05 Å². The Hall–Kier alpha value is -3.13. The van der Waals surface area contributed by atoms with Gasteiger partial charge in [0.15, 0.2) is 0 Å². The third-order valence-corrected chi connectivity index (χ3v) is 3.56. The van der Waals surface area contributed by atoms with Crippen LogP contribution >= 0.6 is 0 Å². The Morgan fingerprint density at radius 3 is 2.77 bits per heavy atom. The lowest BCUT2D eigenvalue weighted by Gasteiger charge is -2.17. The first-order valence-corrected chi connectivity index (χ1v) is 6.85. The minimum atomic E-state index is -0.0702. The summed E-state index contributed by atoms with van der Waals surface area (Å²) in [5.74, 6) is -0.0702. The molecule has 0 radical (unpaired) electrons. The van der Waals surface area contributed by atoms with E-state index >= 15 is 0 Å². The largest absolute Gasteiger partial charge is 0.337 e. The van der Waals surface area contributed by atoms with Crippen molar-refractivity contribution in [1.29, 1.82) is 5.26 Å². The van der Waals surface area contributed by atoms with Gasteiger partial charge in [-0.25, -0.2) is 0 Å². The first kappa shape index (κ1) is 13.8. The lowest BCUT2D eigenvalue weighted by atomic mass is 10.1. The zero-order valence-corrected chi connectivity index (χ0v) is 12.1. The Bertz CT molecular complexity index is 858. The van der Waals surface area contributed by atoms with Crippen molar-refractivity contribution >= 4 is 16.8 Å². The van der Waals surface area contributed by atoms with Crippen molar-refractivity contribution in [1.82, 2.24) is 15.1 Å². The van der Waals surface area contributed by atoms with Crippen molar-refractivity contribution in [2.24, 2.45) is 0 Å². The summed E-state index contributed by atoms with van der Waals surface area (Å²) in [5, 5.41) is 16.6. The molecule has 1 N–H and O–H groups in total. The van der Waals surface area contributed by atoms with Crippen LogP contribution in [0.25, 0.3) is 10.9 Å². The number of aromatic nitrogens is 2. The van der Waals surface area contributed by atoms with Crippen molar-refractivity contribution in [3.8, 4) is 6.07 Å². The molecule has 108 valence electrons. The number of aromatic amines is 1. The quantitative estimate of drug-likeness (QED) is 0.806. The summed E-state index contributed by atoms with van der Waals surface area (Å²) < 4.78 is 0. The number of carbonyl (C=O) groups excluding carboxylic acids is 1. The number of benzene rings is 2. The highest BCUT2D eigenvalue weighted by Crippen LogP contribution is 2.18. The van der Waals surface area contributed by atoms with E-state index in [1.54, 1.807) is 36.3 Å². The molecule has 3 rings (SSSR count). The number of hydrogen-bond acceptors (Lipinski definition) is 3. The lowest BCUT2D eigenvalue weighted by Crippen LogP contribution is -2.26. The van der Waals surface area contributed by atoms with E-state index in [9.17, 15) is 4.79 Å². The molecule has 0 unspecified atom stereocenters. The van der Waals surface area contributed by atoms with Crippen molar-refractivity contribution in [3.63, 3.8) is 0 Å². The Labute approximate surface area is 127 Å². The molecule has 0 bridgehead atoms. The molecule has 22 heavy (non-hydrogen) atoms. The molecule has 5 nitrogen and oxygen atoms in total. The zero-order chi connectivity index (χ0) is 15.5. The van der Waals surface area contributed by atoms with Crippen LogP contribution in [0.5, 0.6) is 0 Å². The van der Waals surface area contributed by atoms with E-state index in [1.807, 2.05) is 24.3 Å². The zero-order valence-electron chi connectivity index (χ0n) is 12.1. The molecule has 0 saturated carbocycles. The smallest absolute Gasteiger partial charge is 0.256 e. The fourth-order valence-corrected chi connectivity index (χ4v) is 2.38. The second kappa shape index (κ2) is 5.70. The molecule has 0 aliphatic rings. The van der Waals surface area contributed by atoms with Crippen LogP contribution < -0.4 is 0 Å². The van der Waals surface area contributed by atoms with Crippen molar-refractivity contribution in [3.05, 3.63) is 65.4 Å². The average Bonchev–Trinajstić information content (AvgIpc) is 3.03. The molecule has 1 aromatic heterocycles. The number of para-hydroxylation sites is 1. The molecule has 0 saturated heterocycles. The van der Waals surface area contributed by atoms with Crippen LogP contribution in [0.3, 0.4) is 0 Å². The van der Waals surface area contributed by atoms with Crippen LogP contribution in [-0.4, -0.2) is 28.1 Å². The van der Waals surface area contributed by atoms with Gasteiger partial charge in [0.2, 0.25) is 0 Å². The van der Waals surface area contributed by atoms with Gasteiger partial charge in [0.25, 0.3) is 5.91 Å². The summed E-state index contributed by atoms with van der Waals surface area (Å²) in [6.07, 6.45) is 1.70. The van der Waals surface area contributed by atoms with Crippen LogP contribution in [-0.2, 0) is 6.54 Å². The molecule has 0 aliphatic heterocycles. The molecule has 0 atom stereocenters. The number of nitriles is 1. The van der Waals surface area contributed by atoms with Crippen LogP contribution in [0.15, 0.2) is 48.7 Å². The second-order valence-corrected chi connectivity index (χ2v) is 5.11. The molecular formula is C17H14N4O. The molecule has 1 heterocycles. The highest BCUT2D eigenvalue weighted by molar-refractivity contribution is 6.05. The number of rotatable bonds is 3. The summed E-state index contributed by atoms with van der Waals surface area (Å²) in [7, 11) is 1.76. The van der Waals surface area contributed by atoms with Crippen LogP contribution in [0, 0.1) is 11.3 Å². The SMILES string of the molecule is CN(Cc1ccc(C#N)cc1)C(=O)c1cccc2cn[nH]c12. The molecule has 5 heteroatoms. The van der Waals surface area contributed by atoms with E-state index in [0.29, 0.717) is 17.7 Å². The number of fused-ring (bicyclic) bond motifs is 1. The third-order valence-electron chi connectivity index (χ3n) is 3.56. The Morgan fingerprint density at radius 2 is 2.05 bits per heavy atom. The topological polar surface area (TPSA) is 72.8 Å². The number of nitrogens with zero attached hydrogens (tertiary/aromatic N) is 3. The summed E-state index contributed by atoms with van der Waals surface area (Å²) in [6.45, 7) is 0.481. The average molecular weight is 290 g/mol. The van der Waals surface area contributed by atoms with Gasteiger partial charge in [-0.15, -0.1) is 0 Å². The molecule has 3 aromatic rings. The first-order valence-electron chi connectivity index (χ1n) is 6.85. The highest BCUT2D eigenvalue weighted by Gasteiger charge is 2.15. The highest BCUT2D eigenvalue weighted by atomic mass is 16.2. The van der Waals surface area contributed by atoms with Gasteiger partial charge >= 0.3 is 0 Å². The van der Waals surface area contributed by atoms with Crippen LogP contribution in [0.4, 0.5) is 0 Å². The number of carbonyl (C=O) groups is 1. The molecular weight excluding hydrogens is 276 g/mol. The minimum absolute atomic E-state index is 0.0702. The Morgan fingerprint density at radius 1 is 1.27 bits per heavy atom. The fraction of sp³-hybridized carbons (Fsp3) is 0.118. The lowest BCUT2D eigenvalue weighted by molar-refractivity contribution is 0.0787. The van der Waals surface area contributed by atoms with Crippen molar-refractivity contribution < 1.29 is 4.79 Å². The van der Waals surface area contributed by atoms with Gasteiger partial charge in [0, 0.05) is 19.0 Å².